The Morgan fingerprint density at radius 1 is 0.590 bits per heavy atom. The van der Waals surface area contributed by atoms with Crippen LogP contribution in [0.4, 0.5) is 0 Å². The van der Waals surface area contributed by atoms with Crippen molar-refractivity contribution >= 4 is 29.1 Å². The number of benzene rings is 6. The predicted molar refractivity (Wildman–Crippen MR) is 253 cm³/mol. The van der Waals surface area contributed by atoms with E-state index in [2.05, 4.69) is 212 Å². The third kappa shape index (κ3) is 4.53. The van der Waals surface area contributed by atoms with E-state index in [0.717, 1.165) is 25.7 Å². The Labute approximate surface area is 358 Å². The molecular weight excluding hydrogens is 737 g/mol. The van der Waals surface area contributed by atoms with E-state index in [9.17, 15) is 0 Å². The normalized spacial score (nSPS) is 20.6. The minimum absolute atomic E-state index is 0.0712. The summed E-state index contributed by atoms with van der Waals surface area (Å²) >= 11 is 0. The van der Waals surface area contributed by atoms with Crippen molar-refractivity contribution in [1.82, 2.24) is 9.13 Å². The first-order chi connectivity index (χ1) is 29.9. The van der Waals surface area contributed by atoms with Gasteiger partial charge in [-0.05, 0) is 129 Å². The summed E-state index contributed by atoms with van der Waals surface area (Å²) in [6.45, 7) is 7.33. The molecule has 2 unspecified atom stereocenters. The van der Waals surface area contributed by atoms with Gasteiger partial charge in [-0.3, -0.25) is 0 Å². The Morgan fingerprint density at radius 3 is 1.98 bits per heavy atom. The Hall–Kier alpha value is -6.64. The molecule has 0 fully saturated rings. The fourth-order valence-corrected chi connectivity index (χ4v) is 12.9. The van der Waals surface area contributed by atoms with Gasteiger partial charge in [0, 0.05) is 39.0 Å². The fraction of sp³-hybridized carbons (Fsp3) is 0.186. The van der Waals surface area contributed by atoms with Crippen LogP contribution in [0.5, 0.6) is 0 Å². The van der Waals surface area contributed by atoms with Crippen molar-refractivity contribution in [1.29, 1.82) is 0 Å². The lowest BCUT2D eigenvalue weighted by atomic mass is 9.62. The van der Waals surface area contributed by atoms with Crippen molar-refractivity contribution in [3.63, 3.8) is 0 Å². The van der Waals surface area contributed by atoms with Gasteiger partial charge in [0.05, 0.1) is 17.0 Å². The highest BCUT2D eigenvalue weighted by Crippen LogP contribution is 2.63. The number of allylic oxidation sites excluding steroid dienone is 3. The third-order valence-corrected chi connectivity index (χ3v) is 15.5. The highest BCUT2D eigenvalue weighted by atomic mass is 15.1. The van der Waals surface area contributed by atoms with E-state index in [-0.39, 0.29) is 16.9 Å². The van der Waals surface area contributed by atoms with Gasteiger partial charge in [0.15, 0.2) is 0 Å². The van der Waals surface area contributed by atoms with Crippen LogP contribution in [-0.2, 0) is 35.5 Å². The molecule has 0 aliphatic heterocycles. The zero-order valence-corrected chi connectivity index (χ0v) is 35.1. The van der Waals surface area contributed by atoms with E-state index in [0.29, 0.717) is 0 Å². The average Bonchev–Trinajstić information content (AvgIpc) is 3.95. The SMILES string of the molecule is CC12Cc3c4c(n(C5C=Cc6c(c7cc8c(cc7n6-c6ccccc6)C(C)(C)c6ccccc6-8)C5)c3C=C1C(c1ccccc1)(c1ccccc1)c1ccccc12)CCC=C4. The molecule has 2 heteroatoms. The molecule has 6 aromatic carbocycles. The number of hydrogen-bond donors (Lipinski definition) is 0. The van der Waals surface area contributed by atoms with E-state index in [4.69, 9.17) is 0 Å². The molecule has 294 valence electrons. The molecule has 0 radical (unpaired) electrons. The second-order valence-corrected chi connectivity index (χ2v) is 18.9. The maximum absolute atomic E-state index is 2.79. The van der Waals surface area contributed by atoms with Crippen LogP contribution in [0.25, 0.3) is 45.9 Å². The number of para-hydroxylation sites is 1. The molecule has 0 amide bonds. The molecule has 2 atom stereocenters. The number of hydrogen-bond acceptors (Lipinski definition) is 0. The van der Waals surface area contributed by atoms with Crippen molar-refractivity contribution in [3.05, 3.63) is 237 Å². The summed E-state index contributed by atoms with van der Waals surface area (Å²) in [5.41, 5.74) is 23.1. The maximum Gasteiger partial charge on any atom is 0.0676 e. The average molecular weight is 785 g/mol. The summed E-state index contributed by atoms with van der Waals surface area (Å²) in [7, 11) is 0. The van der Waals surface area contributed by atoms with E-state index in [1.807, 2.05) is 0 Å². The molecule has 5 aliphatic carbocycles. The number of nitrogens with zero attached hydrogens (tertiary/aromatic N) is 2. The van der Waals surface area contributed by atoms with Gasteiger partial charge in [-0.2, -0.15) is 0 Å². The summed E-state index contributed by atoms with van der Waals surface area (Å²) < 4.78 is 5.33. The van der Waals surface area contributed by atoms with Gasteiger partial charge >= 0.3 is 0 Å². The second-order valence-electron chi connectivity index (χ2n) is 18.9. The van der Waals surface area contributed by atoms with Crippen LogP contribution >= 0.6 is 0 Å². The molecule has 0 N–H and O–H groups in total. The molecule has 61 heavy (non-hydrogen) atoms. The van der Waals surface area contributed by atoms with Crippen LogP contribution in [0, 0.1) is 0 Å². The smallest absolute Gasteiger partial charge is 0.0676 e. The molecule has 2 heterocycles. The van der Waals surface area contributed by atoms with Gasteiger partial charge < -0.3 is 9.13 Å². The van der Waals surface area contributed by atoms with Gasteiger partial charge in [-0.25, -0.2) is 0 Å². The van der Waals surface area contributed by atoms with Gasteiger partial charge in [-0.15, -0.1) is 0 Å². The summed E-state index contributed by atoms with van der Waals surface area (Å²) in [5, 5.41) is 1.37. The Bertz CT molecular complexity index is 3180. The Morgan fingerprint density at radius 2 is 1.25 bits per heavy atom. The molecule has 0 bridgehead atoms. The first-order valence-electron chi connectivity index (χ1n) is 22.3. The number of aromatic nitrogens is 2. The quantitative estimate of drug-likeness (QED) is 0.168. The molecule has 2 aromatic heterocycles. The van der Waals surface area contributed by atoms with Crippen molar-refractivity contribution < 1.29 is 0 Å². The van der Waals surface area contributed by atoms with Crippen LogP contribution in [0.1, 0.15) is 100 Å². The molecule has 5 aliphatic rings. The third-order valence-electron chi connectivity index (χ3n) is 15.5. The highest BCUT2D eigenvalue weighted by molar-refractivity contribution is 5.98. The largest absolute Gasteiger partial charge is 0.337 e. The first-order valence-corrected chi connectivity index (χ1v) is 22.3. The lowest BCUT2D eigenvalue weighted by molar-refractivity contribution is 0.522. The lowest BCUT2D eigenvalue weighted by Crippen LogP contribution is -2.36. The summed E-state index contributed by atoms with van der Waals surface area (Å²) in [5.74, 6) is 0. The summed E-state index contributed by atoms with van der Waals surface area (Å²) in [4.78, 5) is 0. The minimum Gasteiger partial charge on any atom is -0.337 e. The van der Waals surface area contributed by atoms with Crippen LogP contribution in [0.2, 0.25) is 0 Å². The van der Waals surface area contributed by atoms with Gasteiger partial charge in [0.1, 0.15) is 0 Å². The van der Waals surface area contributed by atoms with Crippen molar-refractivity contribution in [2.75, 3.05) is 0 Å². The zero-order valence-electron chi connectivity index (χ0n) is 35.1. The van der Waals surface area contributed by atoms with E-state index in [1.54, 1.807) is 0 Å². The minimum atomic E-state index is -0.417. The van der Waals surface area contributed by atoms with Crippen LogP contribution in [0.3, 0.4) is 0 Å². The van der Waals surface area contributed by atoms with E-state index >= 15 is 0 Å². The first kappa shape index (κ1) is 35.1. The molecular formula is C59H48N2. The second kappa shape index (κ2) is 12.5. The maximum atomic E-state index is 2.79. The van der Waals surface area contributed by atoms with Crippen molar-refractivity contribution in [3.8, 4) is 16.8 Å². The van der Waals surface area contributed by atoms with Gasteiger partial charge in [0.2, 0.25) is 0 Å². The van der Waals surface area contributed by atoms with Crippen molar-refractivity contribution in [2.45, 2.75) is 68.7 Å². The highest BCUT2D eigenvalue weighted by Gasteiger charge is 2.57. The lowest BCUT2D eigenvalue weighted by Gasteiger charge is -2.40. The summed E-state index contributed by atoms with van der Waals surface area (Å²) in [6, 6.07) is 57.4. The predicted octanol–water partition coefficient (Wildman–Crippen LogP) is 13.8. The molecule has 13 rings (SSSR count). The number of rotatable bonds is 4. The molecule has 2 nitrogen and oxygen atoms in total. The van der Waals surface area contributed by atoms with Gasteiger partial charge in [-0.1, -0.05) is 166 Å². The van der Waals surface area contributed by atoms with Gasteiger partial charge in [0.25, 0.3) is 0 Å². The zero-order chi connectivity index (χ0) is 40.7. The van der Waals surface area contributed by atoms with Crippen LogP contribution in [0.15, 0.2) is 169 Å². The fourth-order valence-electron chi connectivity index (χ4n) is 12.9. The van der Waals surface area contributed by atoms with Crippen molar-refractivity contribution in [2.24, 2.45) is 0 Å². The Kier molecular flexibility index (Phi) is 7.18. The van der Waals surface area contributed by atoms with E-state index in [1.165, 1.54) is 100 Å². The Balaban J connectivity index is 1.05. The van der Waals surface area contributed by atoms with E-state index < -0.39 is 5.41 Å². The van der Waals surface area contributed by atoms with Crippen LogP contribution < -0.4 is 0 Å². The summed E-state index contributed by atoms with van der Waals surface area (Å²) in [6.07, 6.45) is 16.6. The van der Waals surface area contributed by atoms with Crippen LogP contribution in [-0.4, -0.2) is 9.13 Å². The standard InChI is InChI=1S/C59H48N2/c1-57(2)48-27-15-13-25-42(48)44-34-46-45-33-41(31-32-53(45)60(54(46)35-51(44)57)40-23-11-6-12-24-40)61-52-30-18-14-26-43(52)47-37-58(3)49-28-16-17-29-50(49)59(56(58)36-55(47)61,38-19-7-4-8-20-38)39-21-9-5-10-22-39/h4-17,19-29,31-32,34-36,41H,18,30,33,37H2,1-3H3. The number of fused-ring (bicyclic) bond motifs is 12. The monoisotopic (exact) mass is 784 g/mol. The molecule has 8 aromatic rings. The molecule has 0 saturated carbocycles. The molecule has 0 saturated heterocycles. The molecule has 0 spiro atoms. The topological polar surface area (TPSA) is 9.86 Å².